The Morgan fingerprint density at radius 2 is 0.733 bits per heavy atom. The topological polar surface area (TPSA) is 8.17 Å². The summed E-state index contributed by atoms with van der Waals surface area (Å²) < 4.78 is 2.39. The summed E-state index contributed by atoms with van der Waals surface area (Å²) in [5.41, 5.74) is 28.5. The fourth-order valence-electron chi connectivity index (χ4n) is 14.9. The normalized spacial score (nSPS) is 15.1. The van der Waals surface area contributed by atoms with Crippen LogP contribution in [0.2, 0.25) is 0 Å². The van der Waals surface area contributed by atoms with E-state index in [1.165, 1.54) is 124 Å². The summed E-state index contributed by atoms with van der Waals surface area (Å²) in [5.74, 6) is 1.70. The predicted octanol–water partition coefficient (Wildman–Crippen LogP) is 24.5. The van der Waals surface area contributed by atoms with E-state index in [0.717, 1.165) is 28.3 Å². The second-order valence-electron chi connectivity index (χ2n) is 28.0. The SMILES string of the molecule is CC(CC(CC(C)C(C)(C)C)c1ccc(-c2ccc3c(c2)C2(c4ccccc4-3)c3ccccc3-c3ccc(-c4ccc(N(c5cccc(-c6ccccc6)c5)c5cccc(-c6ccc7c(c6)c6ccccc6n7-c6ccccc6)c5)cc4)cc32)cc1)C(C)(C)C. The third kappa shape index (κ3) is 9.80. The maximum absolute atomic E-state index is 2.54. The van der Waals surface area contributed by atoms with Crippen LogP contribution in [0.1, 0.15) is 102 Å². The Morgan fingerprint density at radius 3 is 1.30 bits per heavy atom. The molecular formula is C88H78N2. The zero-order valence-corrected chi connectivity index (χ0v) is 53.2. The van der Waals surface area contributed by atoms with Crippen molar-refractivity contribution in [1.82, 2.24) is 4.57 Å². The van der Waals surface area contributed by atoms with E-state index in [0.29, 0.717) is 17.8 Å². The van der Waals surface area contributed by atoms with Gasteiger partial charge >= 0.3 is 0 Å². The van der Waals surface area contributed by atoms with Crippen molar-refractivity contribution in [2.75, 3.05) is 4.90 Å². The molecule has 2 aliphatic rings. The minimum atomic E-state index is -0.504. The molecule has 1 heterocycles. The van der Waals surface area contributed by atoms with Gasteiger partial charge in [0.05, 0.1) is 16.4 Å². The summed E-state index contributed by atoms with van der Waals surface area (Å²) >= 11 is 0. The van der Waals surface area contributed by atoms with Gasteiger partial charge in [-0.2, -0.15) is 0 Å². The van der Waals surface area contributed by atoms with Crippen LogP contribution < -0.4 is 4.90 Å². The van der Waals surface area contributed by atoms with E-state index < -0.39 is 5.41 Å². The zero-order valence-electron chi connectivity index (χ0n) is 53.2. The van der Waals surface area contributed by atoms with Crippen LogP contribution in [0.4, 0.5) is 17.1 Å². The number of nitrogens with zero attached hydrogens (tertiary/aromatic N) is 2. The van der Waals surface area contributed by atoms with Crippen molar-refractivity contribution in [3.8, 4) is 72.4 Å². The highest BCUT2D eigenvalue weighted by atomic mass is 15.1. The molecule has 13 aromatic rings. The molecule has 0 radical (unpaired) electrons. The van der Waals surface area contributed by atoms with Gasteiger partial charge in [-0.15, -0.1) is 0 Å². The summed E-state index contributed by atoms with van der Waals surface area (Å²) in [4.78, 5) is 2.42. The molecule has 90 heavy (non-hydrogen) atoms. The molecule has 0 N–H and O–H groups in total. The first-order valence-corrected chi connectivity index (χ1v) is 32.5. The lowest BCUT2D eigenvalue weighted by molar-refractivity contribution is 0.192. The first-order chi connectivity index (χ1) is 43.7. The standard InChI is InChI=1S/C88H78N2/c1-58(86(3,4)5)51-69(52-59(2)87(6,7)8)63-39-37-61(38-40-63)67-43-48-76-74-31-15-18-34-80(74)88(82(76)56-67)81-35-19-16-32-75(81)77-49-44-68(57-83(77)88)62-41-46-71(47-42-62)89(72-29-21-25-64(53-72)60-23-11-9-12-24-60)73-30-22-26-65(54-73)66-45-50-85-79(55-66)78-33-17-20-36-84(78)90(85)70-27-13-10-14-28-70/h9-50,53-59,69H,51-52H2,1-8H3. The van der Waals surface area contributed by atoms with Gasteiger partial charge in [0.1, 0.15) is 0 Å². The van der Waals surface area contributed by atoms with Crippen LogP contribution in [-0.2, 0) is 5.41 Å². The van der Waals surface area contributed by atoms with Crippen molar-refractivity contribution in [3.05, 3.63) is 313 Å². The Balaban J connectivity index is 0.813. The van der Waals surface area contributed by atoms with Gasteiger partial charge in [0.25, 0.3) is 0 Å². The van der Waals surface area contributed by atoms with Crippen LogP contribution in [0.5, 0.6) is 0 Å². The fourth-order valence-corrected chi connectivity index (χ4v) is 14.9. The van der Waals surface area contributed by atoms with Crippen molar-refractivity contribution in [2.24, 2.45) is 22.7 Å². The number of aromatic nitrogens is 1. The number of benzene rings is 12. The Labute approximate surface area is 532 Å². The zero-order chi connectivity index (χ0) is 61.5. The van der Waals surface area contributed by atoms with Crippen molar-refractivity contribution in [1.29, 1.82) is 0 Å². The molecule has 2 heteroatoms. The van der Waals surface area contributed by atoms with Crippen LogP contribution in [0, 0.1) is 22.7 Å². The van der Waals surface area contributed by atoms with Crippen LogP contribution in [-0.4, -0.2) is 4.57 Å². The molecule has 3 atom stereocenters. The summed E-state index contributed by atoms with van der Waals surface area (Å²) in [6.07, 6.45) is 2.38. The number of fused-ring (bicyclic) bond motifs is 13. The first kappa shape index (κ1) is 56.7. The molecule has 0 saturated carbocycles. The van der Waals surface area contributed by atoms with Crippen LogP contribution >= 0.6 is 0 Å². The minimum absolute atomic E-state index is 0.254. The molecule has 0 saturated heterocycles. The third-order valence-electron chi connectivity index (χ3n) is 20.8. The van der Waals surface area contributed by atoms with Gasteiger partial charge in [-0.05, 0) is 215 Å². The molecule has 1 spiro atoms. The van der Waals surface area contributed by atoms with Gasteiger partial charge in [0.15, 0.2) is 0 Å². The molecule has 0 amide bonds. The molecule has 12 aromatic carbocycles. The molecule has 2 aliphatic carbocycles. The second kappa shape index (κ2) is 22.4. The van der Waals surface area contributed by atoms with Crippen LogP contribution in [0.15, 0.2) is 285 Å². The molecule has 15 rings (SSSR count). The van der Waals surface area contributed by atoms with Crippen molar-refractivity contribution >= 4 is 38.9 Å². The van der Waals surface area contributed by atoms with Crippen LogP contribution in [0.3, 0.4) is 0 Å². The van der Waals surface area contributed by atoms with Gasteiger partial charge in [-0.25, -0.2) is 0 Å². The van der Waals surface area contributed by atoms with Crippen molar-refractivity contribution < 1.29 is 0 Å². The fraction of sp³-hybridized carbons (Fsp3) is 0.182. The molecule has 0 bridgehead atoms. The highest BCUT2D eigenvalue weighted by Crippen LogP contribution is 2.63. The summed E-state index contributed by atoms with van der Waals surface area (Å²) in [6.45, 7) is 19.3. The molecule has 0 fully saturated rings. The van der Waals surface area contributed by atoms with E-state index in [9.17, 15) is 0 Å². The lowest BCUT2D eigenvalue weighted by Gasteiger charge is -2.35. The van der Waals surface area contributed by atoms with Gasteiger partial charge in [-0.1, -0.05) is 262 Å². The third-order valence-corrected chi connectivity index (χ3v) is 20.8. The Kier molecular flexibility index (Phi) is 14.1. The predicted molar refractivity (Wildman–Crippen MR) is 383 cm³/mol. The monoisotopic (exact) mass is 1160 g/mol. The number of hydrogen-bond acceptors (Lipinski definition) is 1. The summed E-state index contributed by atoms with van der Waals surface area (Å²) in [6, 6.07) is 107. The van der Waals surface area contributed by atoms with E-state index in [-0.39, 0.29) is 10.8 Å². The largest absolute Gasteiger partial charge is 0.310 e. The lowest BCUT2D eigenvalue weighted by Crippen LogP contribution is -2.26. The lowest BCUT2D eigenvalue weighted by atomic mass is 9.69. The average Bonchev–Trinajstić information content (AvgIpc) is 1.51. The van der Waals surface area contributed by atoms with Gasteiger partial charge in [-0.3, -0.25) is 0 Å². The molecular weight excluding hydrogens is 1080 g/mol. The number of rotatable bonds is 13. The Morgan fingerprint density at radius 1 is 0.322 bits per heavy atom. The van der Waals surface area contributed by atoms with E-state index in [1.807, 2.05) is 0 Å². The molecule has 440 valence electrons. The van der Waals surface area contributed by atoms with E-state index in [1.54, 1.807) is 0 Å². The molecule has 2 nitrogen and oxygen atoms in total. The molecule has 1 aromatic heterocycles. The van der Waals surface area contributed by atoms with E-state index in [4.69, 9.17) is 0 Å². The number of para-hydroxylation sites is 2. The Bertz CT molecular complexity index is 4780. The highest BCUT2D eigenvalue weighted by Gasteiger charge is 2.52. The highest BCUT2D eigenvalue weighted by molar-refractivity contribution is 6.10. The summed E-state index contributed by atoms with van der Waals surface area (Å²) in [7, 11) is 0. The first-order valence-electron chi connectivity index (χ1n) is 32.5. The number of hydrogen-bond donors (Lipinski definition) is 0. The van der Waals surface area contributed by atoms with Crippen molar-refractivity contribution in [3.63, 3.8) is 0 Å². The van der Waals surface area contributed by atoms with E-state index in [2.05, 4.69) is 350 Å². The van der Waals surface area contributed by atoms with Gasteiger partial charge < -0.3 is 9.47 Å². The maximum atomic E-state index is 2.54. The molecule has 3 unspecified atom stereocenters. The summed E-state index contributed by atoms with van der Waals surface area (Å²) in [5, 5.41) is 2.48. The minimum Gasteiger partial charge on any atom is -0.310 e. The smallest absolute Gasteiger partial charge is 0.0725 e. The van der Waals surface area contributed by atoms with Gasteiger partial charge in [0.2, 0.25) is 0 Å². The second-order valence-corrected chi connectivity index (χ2v) is 28.0. The maximum Gasteiger partial charge on any atom is 0.0725 e. The number of anilines is 3. The van der Waals surface area contributed by atoms with Crippen molar-refractivity contribution in [2.45, 2.75) is 79.6 Å². The molecule has 0 aliphatic heterocycles. The quantitative estimate of drug-likeness (QED) is 0.112. The Hall–Kier alpha value is -9.76. The average molecular weight is 1160 g/mol. The van der Waals surface area contributed by atoms with Gasteiger partial charge in [0, 0.05) is 33.5 Å². The van der Waals surface area contributed by atoms with E-state index >= 15 is 0 Å². The van der Waals surface area contributed by atoms with Crippen LogP contribution in [0.25, 0.3) is 94.3 Å².